The van der Waals surface area contributed by atoms with Crippen molar-refractivity contribution in [1.29, 1.82) is 0 Å². The number of hydrogen-bond acceptors (Lipinski definition) is 8. The highest BCUT2D eigenvalue weighted by Crippen LogP contribution is 2.34. The van der Waals surface area contributed by atoms with Gasteiger partial charge in [-0.25, -0.2) is 0 Å². The van der Waals surface area contributed by atoms with Crippen molar-refractivity contribution < 1.29 is 24.1 Å². The van der Waals surface area contributed by atoms with E-state index in [2.05, 4.69) is 10.6 Å². The van der Waals surface area contributed by atoms with E-state index < -0.39 is 28.8 Å². The van der Waals surface area contributed by atoms with Crippen LogP contribution in [0, 0.1) is 10.1 Å². The molecule has 2 atom stereocenters. The topological polar surface area (TPSA) is 142 Å². The summed E-state index contributed by atoms with van der Waals surface area (Å²) in [6, 6.07) is 17.5. The van der Waals surface area contributed by atoms with Gasteiger partial charge in [0, 0.05) is 77.9 Å². The van der Waals surface area contributed by atoms with E-state index in [-0.39, 0.29) is 23.1 Å². The number of rotatable bonds is 10. The van der Waals surface area contributed by atoms with Crippen LogP contribution in [0.4, 0.5) is 5.69 Å². The van der Waals surface area contributed by atoms with Crippen LogP contribution in [-0.4, -0.2) is 76.6 Å². The fourth-order valence-electron chi connectivity index (χ4n) is 6.05. The van der Waals surface area contributed by atoms with Gasteiger partial charge < -0.3 is 10.6 Å². The summed E-state index contributed by atoms with van der Waals surface area (Å²) in [7, 11) is 0. The zero-order valence-electron chi connectivity index (χ0n) is 23.6. The first-order valence-corrected chi connectivity index (χ1v) is 14.1. The zero-order chi connectivity index (χ0) is 30.4. The van der Waals surface area contributed by atoms with Crippen molar-refractivity contribution in [2.45, 2.75) is 25.9 Å². The number of amides is 4. The first-order chi connectivity index (χ1) is 20.7. The number of hydrogen-bond donors (Lipinski definition) is 2. The molecule has 4 aromatic carbocycles. The normalized spacial score (nSPS) is 15.9. The predicted octanol–water partition coefficient (Wildman–Crippen LogP) is 3.75. The van der Waals surface area contributed by atoms with Gasteiger partial charge in [-0.1, -0.05) is 36.4 Å². The number of nitrogens with zero attached hydrogens (tertiary/aromatic N) is 3. The van der Waals surface area contributed by atoms with Crippen LogP contribution in [0.5, 0.6) is 0 Å². The predicted molar refractivity (Wildman–Crippen MR) is 160 cm³/mol. The van der Waals surface area contributed by atoms with E-state index in [9.17, 15) is 29.3 Å². The minimum Gasteiger partial charge on any atom is -0.313 e. The largest absolute Gasteiger partial charge is 0.313 e. The Kier molecular flexibility index (Phi) is 7.20. The lowest BCUT2D eigenvalue weighted by molar-refractivity contribution is -0.384. The first kappa shape index (κ1) is 28.1. The van der Waals surface area contributed by atoms with Crippen LogP contribution in [0.3, 0.4) is 0 Å². The molecular weight excluding hydrogens is 550 g/mol. The molecule has 11 nitrogen and oxygen atoms in total. The Morgan fingerprint density at radius 1 is 0.651 bits per heavy atom. The molecule has 0 saturated carbocycles. The van der Waals surface area contributed by atoms with E-state index in [0.29, 0.717) is 59.0 Å². The maximum Gasteiger partial charge on any atom is 0.270 e. The van der Waals surface area contributed by atoms with Crippen LogP contribution in [0.2, 0.25) is 0 Å². The van der Waals surface area contributed by atoms with Crippen molar-refractivity contribution in [2.24, 2.45) is 0 Å². The van der Waals surface area contributed by atoms with E-state index >= 15 is 0 Å². The molecule has 6 rings (SSSR count). The number of nitrogens with one attached hydrogen (secondary N) is 2. The quantitative estimate of drug-likeness (QED) is 0.125. The van der Waals surface area contributed by atoms with E-state index in [4.69, 9.17) is 0 Å². The molecule has 2 N–H and O–H groups in total. The fourth-order valence-corrected chi connectivity index (χ4v) is 6.05. The van der Waals surface area contributed by atoms with E-state index in [1.54, 1.807) is 37.3 Å². The summed E-state index contributed by atoms with van der Waals surface area (Å²) in [4.78, 5) is 66.5. The summed E-state index contributed by atoms with van der Waals surface area (Å²) in [5.74, 6) is -1.62. The Labute approximate surface area is 246 Å². The van der Waals surface area contributed by atoms with Gasteiger partial charge in [0.2, 0.25) is 0 Å². The molecule has 2 aliphatic heterocycles. The Morgan fingerprint density at radius 3 is 1.53 bits per heavy atom. The standard InChI is InChI=1S/C32H29N5O6/c1-18(35-29(38)23-9-3-6-20-7-4-10-24(27(20)23)30(35)39)16-33-12-13-34-17-19(2)36-31(40)25-11-5-8-21-14-22(37(42)43)15-26(28(21)25)32(36)41/h3-11,14-15,18-19,33-34H,12-13,16-17H2,1-2H3/t18-,19+/m1/s1. The summed E-state index contributed by atoms with van der Waals surface area (Å²) in [6.45, 7) is 5.26. The third kappa shape index (κ3) is 4.72. The number of non-ortho nitro benzene ring substituents is 1. The van der Waals surface area contributed by atoms with Gasteiger partial charge in [-0.05, 0) is 42.8 Å². The van der Waals surface area contributed by atoms with Crippen molar-refractivity contribution in [3.63, 3.8) is 0 Å². The number of nitro groups is 1. The molecule has 0 spiro atoms. The molecule has 0 bridgehead atoms. The molecule has 4 aromatic rings. The highest BCUT2D eigenvalue weighted by molar-refractivity contribution is 6.26. The van der Waals surface area contributed by atoms with Gasteiger partial charge in [0.1, 0.15) is 0 Å². The van der Waals surface area contributed by atoms with Crippen molar-refractivity contribution in [2.75, 3.05) is 26.2 Å². The second kappa shape index (κ2) is 11.0. The molecule has 4 amide bonds. The van der Waals surface area contributed by atoms with Gasteiger partial charge in [-0.3, -0.25) is 39.1 Å². The van der Waals surface area contributed by atoms with E-state index in [1.165, 1.54) is 17.0 Å². The Balaban J connectivity index is 1.04. The number of nitro benzene ring substituents is 1. The molecule has 0 unspecified atom stereocenters. The fraction of sp³-hybridized carbons (Fsp3) is 0.250. The van der Waals surface area contributed by atoms with Crippen LogP contribution in [-0.2, 0) is 0 Å². The smallest absolute Gasteiger partial charge is 0.270 e. The van der Waals surface area contributed by atoms with Gasteiger partial charge in [0.25, 0.3) is 29.3 Å². The second-order valence-electron chi connectivity index (χ2n) is 10.9. The molecule has 2 heterocycles. The molecule has 218 valence electrons. The number of carbonyl (C=O) groups is 4. The van der Waals surface area contributed by atoms with Crippen LogP contribution >= 0.6 is 0 Å². The summed E-state index contributed by atoms with van der Waals surface area (Å²) >= 11 is 0. The summed E-state index contributed by atoms with van der Waals surface area (Å²) in [5, 5.41) is 20.4. The van der Waals surface area contributed by atoms with Crippen LogP contribution in [0.1, 0.15) is 55.3 Å². The number of benzene rings is 4. The first-order valence-electron chi connectivity index (χ1n) is 14.1. The van der Waals surface area contributed by atoms with Gasteiger partial charge in [0.15, 0.2) is 0 Å². The summed E-state index contributed by atoms with van der Waals surface area (Å²) < 4.78 is 0. The maximum absolute atomic E-state index is 13.4. The molecule has 0 fully saturated rings. The monoisotopic (exact) mass is 579 g/mol. The van der Waals surface area contributed by atoms with Gasteiger partial charge >= 0.3 is 0 Å². The zero-order valence-corrected chi connectivity index (χ0v) is 23.6. The lowest BCUT2D eigenvalue weighted by Gasteiger charge is -2.32. The molecule has 0 aliphatic carbocycles. The summed E-state index contributed by atoms with van der Waals surface area (Å²) in [6.07, 6.45) is 0. The van der Waals surface area contributed by atoms with E-state index in [0.717, 1.165) is 10.3 Å². The van der Waals surface area contributed by atoms with Gasteiger partial charge in [0.05, 0.1) is 10.5 Å². The molecule has 43 heavy (non-hydrogen) atoms. The number of imide groups is 2. The third-order valence-electron chi connectivity index (χ3n) is 8.11. The van der Waals surface area contributed by atoms with Crippen LogP contribution in [0.15, 0.2) is 66.7 Å². The van der Waals surface area contributed by atoms with Gasteiger partial charge in [-0.2, -0.15) is 0 Å². The van der Waals surface area contributed by atoms with E-state index in [1.807, 2.05) is 31.2 Å². The lowest BCUT2D eigenvalue weighted by Crippen LogP contribution is -2.51. The Hall–Kier alpha value is -5.00. The lowest BCUT2D eigenvalue weighted by atomic mass is 9.92. The molecular formula is C32H29N5O6. The average Bonchev–Trinajstić information content (AvgIpc) is 3.00. The summed E-state index contributed by atoms with van der Waals surface area (Å²) in [5.41, 5.74) is 1.31. The highest BCUT2D eigenvalue weighted by Gasteiger charge is 2.37. The second-order valence-corrected chi connectivity index (χ2v) is 10.9. The maximum atomic E-state index is 13.4. The van der Waals surface area contributed by atoms with Crippen LogP contribution in [0.25, 0.3) is 21.5 Å². The Bertz CT molecular complexity index is 1800. The molecule has 2 aliphatic rings. The Morgan fingerprint density at radius 2 is 1.07 bits per heavy atom. The van der Waals surface area contributed by atoms with Gasteiger partial charge in [-0.15, -0.1) is 0 Å². The minimum atomic E-state index is -0.563. The minimum absolute atomic E-state index is 0.141. The highest BCUT2D eigenvalue weighted by atomic mass is 16.6. The number of carbonyl (C=O) groups excluding carboxylic acids is 4. The van der Waals surface area contributed by atoms with Crippen molar-refractivity contribution in [1.82, 2.24) is 20.4 Å². The third-order valence-corrected chi connectivity index (χ3v) is 8.11. The average molecular weight is 580 g/mol. The van der Waals surface area contributed by atoms with Crippen molar-refractivity contribution in [3.05, 3.63) is 99.1 Å². The molecule has 0 aromatic heterocycles. The molecule has 0 saturated heterocycles. The molecule has 0 radical (unpaired) electrons. The van der Waals surface area contributed by atoms with Crippen molar-refractivity contribution >= 4 is 50.9 Å². The van der Waals surface area contributed by atoms with Crippen LogP contribution < -0.4 is 10.6 Å². The van der Waals surface area contributed by atoms with Crippen molar-refractivity contribution in [3.8, 4) is 0 Å². The molecule has 11 heteroatoms. The SMILES string of the molecule is C[C@H](CNCCNC[C@H](C)N1C(=O)c2cccc3cc([N+](=O)[O-])cc(c23)C1=O)N1C(=O)c2cccc3cccc(c23)C1=O.